The molecule has 17 heavy (non-hydrogen) atoms. The molecule has 0 saturated heterocycles. The van der Waals surface area contributed by atoms with Gasteiger partial charge in [0.2, 0.25) is 0 Å². The smallest absolute Gasteiger partial charge is 0.0899 e. The van der Waals surface area contributed by atoms with Gasteiger partial charge in [0.05, 0.1) is 11.7 Å². The van der Waals surface area contributed by atoms with Gasteiger partial charge in [-0.15, -0.1) is 0 Å². The summed E-state index contributed by atoms with van der Waals surface area (Å²) in [6, 6.07) is 11.1. The molecule has 2 heterocycles. The van der Waals surface area contributed by atoms with Crippen molar-refractivity contribution in [2.45, 2.75) is 26.4 Å². The summed E-state index contributed by atoms with van der Waals surface area (Å²) >= 11 is 0. The maximum atomic E-state index is 4.61. The molecule has 0 aliphatic carbocycles. The third-order valence-corrected chi connectivity index (χ3v) is 3.41. The summed E-state index contributed by atoms with van der Waals surface area (Å²) in [5, 5.41) is 8.07. The van der Waals surface area contributed by atoms with Crippen LogP contribution in [0.25, 0.3) is 0 Å². The van der Waals surface area contributed by atoms with E-state index in [4.69, 9.17) is 0 Å². The fraction of sp³-hybridized carbons (Fsp3) is 0.357. The van der Waals surface area contributed by atoms with Crippen molar-refractivity contribution in [1.29, 1.82) is 0 Å². The molecule has 0 bridgehead atoms. The highest BCUT2D eigenvalue weighted by molar-refractivity contribution is 5.33. The van der Waals surface area contributed by atoms with Gasteiger partial charge in [-0.1, -0.05) is 24.3 Å². The maximum Gasteiger partial charge on any atom is 0.0899 e. The van der Waals surface area contributed by atoms with Crippen LogP contribution in [0.5, 0.6) is 0 Å². The number of nitrogens with zero attached hydrogens (tertiary/aromatic N) is 2. The number of aromatic nitrogens is 2. The topological polar surface area (TPSA) is 29.9 Å². The Hall–Kier alpha value is -1.61. The Labute approximate surface area is 101 Å². The van der Waals surface area contributed by atoms with E-state index < -0.39 is 0 Å². The van der Waals surface area contributed by atoms with Gasteiger partial charge >= 0.3 is 0 Å². The van der Waals surface area contributed by atoms with Crippen molar-refractivity contribution < 1.29 is 0 Å². The SMILES string of the molecule is Cc1cc(C)n(C2CNCc3ccccc32)n1. The van der Waals surface area contributed by atoms with E-state index in [2.05, 4.69) is 52.4 Å². The van der Waals surface area contributed by atoms with E-state index in [0.29, 0.717) is 6.04 Å². The highest BCUT2D eigenvalue weighted by Gasteiger charge is 2.22. The Kier molecular flexibility index (Phi) is 2.48. The number of aryl methyl sites for hydroxylation is 2. The molecule has 88 valence electrons. The van der Waals surface area contributed by atoms with Crippen molar-refractivity contribution in [1.82, 2.24) is 15.1 Å². The van der Waals surface area contributed by atoms with Crippen molar-refractivity contribution in [3.63, 3.8) is 0 Å². The van der Waals surface area contributed by atoms with Crippen molar-refractivity contribution in [2.24, 2.45) is 0 Å². The predicted octanol–water partition coefficient (Wildman–Crippen LogP) is 2.19. The molecule has 1 aliphatic heterocycles. The van der Waals surface area contributed by atoms with Gasteiger partial charge in [0, 0.05) is 18.8 Å². The van der Waals surface area contributed by atoms with Crippen LogP contribution in [0.4, 0.5) is 0 Å². The van der Waals surface area contributed by atoms with Gasteiger partial charge in [0.1, 0.15) is 0 Å². The number of hydrogen-bond donors (Lipinski definition) is 1. The van der Waals surface area contributed by atoms with Crippen LogP contribution in [0, 0.1) is 13.8 Å². The van der Waals surface area contributed by atoms with Crippen LogP contribution in [0.2, 0.25) is 0 Å². The fourth-order valence-corrected chi connectivity index (χ4v) is 2.65. The molecular formula is C14H17N3. The summed E-state index contributed by atoms with van der Waals surface area (Å²) in [5.74, 6) is 0. The monoisotopic (exact) mass is 227 g/mol. The van der Waals surface area contributed by atoms with Crippen molar-refractivity contribution in [2.75, 3.05) is 6.54 Å². The quantitative estimate of drug-likeness (QED) is 0.809. The first kappa shape index (κ1) is 10.5. The molecule has 0 saturated carbocycles. The van der Waals surface area contributed by atoms with Crippen LogP contribution in [-0.4, -0.2) is 16.3 Å². The summed E-state index contributed by atoms with van der Waals surface area (Å²) in [6.07, 6.45) is 0. The second-order valence-electron chi connectivity index (χ2n) is 4.72. The average molecular weight is 227 g/mol. The molecule has 3 rings (SSSR count). The predicted molar refractivity (Wildman–Crippen MR) is 68.0 cm³/mol. The summed E-state index contributed by atoms with van der Waals surface area (Å²) in [7, 11) is 0. The number of fused-ring (bicyclic) bond motifs is 1. The minimum absolute atomic E-state index is 0.327. The molecule has 1 atom stereocenters. The van der Waals surface area contributed by atoms with Crippen LogP contribution < -0.4 is 5.32 Å². The molecule has 2 aromatic rings. The minimum atomic E-state index is 0.327. The van der Waals surface area contributed by atoms with Gasteiger partial charge in [-0.25, -0.2) is 0 Å². The Morgan fingerprint density at radius 3 is 2.88 bits per heavy atom. The highest BCUT2D eigenvalue weighted by atomic mass is 15.3. The van der Waals surface area contributed by atoms with Gasteiger partial charge in [-0.3, -0.25) is 4.68 Å². The van der Waals surface area contributed by atoms with Gasteiger partial charge in [-0.05, 0) is 31.0 Å². The Morgan fingerprint density at radius 1 is 1.29 bits per heavy atom. The molecular weight excluding hydrogens is 210 g/mol. The first-order valence-electron chi connectivity index (χ1n) is 6.07. The van der Waals surface area contributed by atoms with Crippen LogP contribution in [0.3, 0.4) is 0 Å². The largest absolute Gasteiger partial charge is 0.310 e. The average Bonchev–Trinajstić information content (AvgIpc) is 2.68. The molecule has 1 aromatic heterocycles. The van der Waals surface area contributed by atoms with Gasteiger partial charge < -0.3 is 5.32 Å². The molecule has 0 radical (unpaired) electrons. The summed E-state index contributed by atoms with van der Waals surface area (Å²) < 4.78 is 2.14. The van der Waals surface area contributed by atoms with E-state index in [-0.39, 0.29) is 0 Å². The third kappa shape index (κ3) is 1.76. The zero-order chi connectivity index (χ0) is 11.8. The molecule has 0 fully saturated rings. The molecule has 3 heteroatoms. The Bertz CT molecular complexity index is 542. The molecule has 0 spiro atoms. The highest BCUT2D eigenvalue weighted by Crippen LogP contribution is 2.26. The van der Waals surface area contributed by atoms with E-state index in [0.717, 1.165) is 18.8 Å². The zero-order valence-electron chi connectivity index (χ0n) is 10.3. The number of benzene rings is 1. The first-order chi connectivity index (χ1) is 8.25. The minimum Gasteiger partial charge on any atom is -0.310 e. The second-order valence-corrected chi connectivity index (χ2v) is 4.72. The third-order valence-electron chi connectivity index (χ3n) is 3.41. The van der Waals surface area contributed by atoms with E-state index >= 15 is 0 Å². The molecule has 1 unspecified atom stereocenters. The van der Waals surface area contributed by atoms with Gasteiger partial charge in [0.25, 0.3) is 0 Å². The Morgan fingerprint density at radius 2 is 2.12 bits per heavy atom. The number of rotatable bonds is 1. The fourth-order valence-electron chi connectivity index (χ4n) is 2.65. The lowest BCUT2D eigenvalue weighted by Crippen LogP contribution is -2.33. The van der Waals surface area contributed by atoms with Crippen LogP contribution >= 0.6 is 0 Å². The van der Waals surface area contributed by atoms with E-state index in [1.165, 1.54) is 16.8 Å². The second kappa shape index (κ2) is 4.00. The standard InChI is InChI=1S/C14H17N3/c1-10-7-11(2)17(16-10)14-9-15-8-12-5-3-4-6-13(12)14/h3-7,14-15H,8-9H2,1-2H3. The maximum absolute atomic E-state index is 4.61. The Balaban J connectivity index is 2.09. The normalized spacial score (nSPS) is 19.1. The van der Waals surface area contributed by atoms with Crippen LogP contribution in [0.1, 0.15) is 28.6 Å². The van der Waals surface area contributed by atoms with Crippen molar-refractivity contribution in [3.8, 4) is 0 Å². The number of nitrogens with one attached hydrogen (secondary N) is 1. The van der Waals surface area contributed by atoms with Crippen LogP contribution in [-0.2, 0) is 6.54 Å². The van der Waals surface area contributed by atoms with E-state index in [9.17, 15) is 0 Å². The van der Waals surface area contributed by atoms with Gasteiger partial charge in [0.15, 0.2) is 0 Å². The lowest BCUT2D eigenvalue weighted by Gasteiger charge is -2.27. The van der Waals surface area contributed by atoms with E-state index in [1.54, 1.807) is 0 Å². The van der Waals surface area contributed by atoms with Crippen molar-refractivity contribution >= 4 is 0 Å². The lowest BCUT2D eigenvalue weighted by atomic mass is 9.97. The van der Waals surface area contributed by atoms with E-state index in [1.807, 2.05) is 6.92 Å². The lowest BCUT2D eigenvalue weighted by molar-refractivity contribution is 0.443. The molecule has 3 nitrogen and oxygen atoms in total. The molecule has 1 aliphatic rings. The summed E-state index contributed by atoms with van der Waals surface area (Å²) in [5.41, 5.74) is 5.10. The summed E-state index contributed by atoms with van der Waals surface area (Å²) in [4.78, 5) is 0. The molecule has 1 aromatic carbocycles. The zero-order valence-corrected chi connectivity index (χ0v) is 10.3. The van der Waals surface area contributed by atoms with Crippen LogP contribution in [0.15, 0.2) is 30.3 Å². The molecule has 0 amide bonds. The first-order valence-corrected chi connectivity index (χ1v) is 6.07. The van der Waals surface area contributed by atoms with Crippen molar-refractivity contribution in [3.05, 3.63) is 52.8 Å². The number of hydrogen-bond acceptors (Lipinski definition) is 2. The summed E-state index contributed by atoms with van der Waals surface area (Å²) in [6.45, 7) is 6.09. The molecule has 1 N–H and O–H groups in total. The van der Waals surface area contributed by atoms with Gasteiger partial charge in [-0.2, -0.15) is 5.10 Å².